The van der Waals surface area contributed by atoms with Crippen LogP contribution >= 0.6 is 0 Å². The molecular weight excluding hydrogens is 276 g/mol. The van der Waals surface area contributed by atoms with Gasteiger partial charge in [0.2, 0.25) is 0 Å². The smallest absolute Gasteiger partial charge is 0.338 e. The number of carbonyl (C=O) groups excluding carboxylic acids is 2. The van der Waals surface area contributed by atoms with E-state index in [4.69, 9.17) is 5.11 Å². The minimum absolute atomic E-state index is 0.150. The van der Waals surface area contributed by atoms with Crippen molar-refractivity contribution < 1.29 is 24.2 Å². The Labute approximate surface area is 122 Å². The molecule has 0 radical (unpaired) electrons. The minimum Gasteiger partial charge on any atom is -0.478 e. The summed E-state index contributed by atoms with van der Waals surface area (Å²) >= 11 is 0. The lowest BCUT2D eigenvalue weighted by Crippen LogP contribution is -2.43. The van der Waals surface area contributed by atoms with Gasteiger partial charge in [-0.1, -0.05) is 13.8 Å². The number of amides is 1. The number of nitrogens with one attached hydrogen (secondary N) is 1. The highest BCUT2D eigenvalue weighted by atomic mass is 16.5. The number of methoxy groups -OCH3 is 1. The van der Waals surface area contributed by atoms with Crippen LogP contribution in [0, 0.1) is 5.92 Å². The molecule has 7 heteroatoms. The first kappa shape index (κ1) is 16.6. The first-order valence-corrected chi connectivity index (χ1v) is 6.43. The van der Waals surface area contributed by atoms with Gasteiger partial charge in [0.1, 0.15) is 11.7 Å². The summed E-state index contributed by atoms with van der Waals surface area (Å²) in [4.78, 5) is 38.6. The first-order chi connectivity index (χ1) is 9.86. The van der Waals surface area contributed by atoms with E-state index in [0.717, 1.165) is 0 Å². The number of esters is 1. The van der Waals surface area contributed by atoms with Gasteiger partial charge >= 0.3 is 11.9 Å². The Balaban J connectivity index is 2.97. The quantitative estimate of drug-likeness (QED) is 0.761. The fourth-order valence-corrected chi connectivity index (χ4v) is 1.81. The normalized spacial score (nSPS) is 11.8. The molecule has 0 aliphatic carbocycles. The van der Waals surface area contributed by atoms with Crippen molar-refractivity contribution in [1.82, 2.24) is 10.3 Å². The maximum atomic E-state index is 12.1. The van der Waals surface area contributed by atoms with Crippen LogP contribution in [0.25, 0.3) is 0 Å². The fraction of sp³-hybridized carbons (Fsp3) is 0.429. The van der Waals surface area contributed by atoms with Gasteiger partial charge in [0.15, 0.2) is 0 Å². The summed E-state index contributed by atoms with van der Waals surface area (Å²) in [5.41, 5.74) is -0.453. The highest BCUT2D eigenvalue weighted by molar-refractivity contribution is 6.04. The Morgan fingerprint density at radius 3 is 2.57 bits per heavy atom. The third kappa shape index (κ3) is 4.55. The Hall–Kier alpha value is -2.44. The predicted octanol–water partition coefficient (Wildman–Crippen LogP) is 1.10. The molecule has 0 fully saturated rings. The van der Waals surface area contributed by atoms with Crippen molar-refractivity contribution in [3.05, 3.63) is 29.6 Å². The molecule has 1 aromatic heterocycles. The van der Waals surface area contributed by atoms with Crippen molar-refractivity contribution in [2.75, 3.05) is 7.11 Å². The van der Waals surface area contributed by atoms with Crippen molar-refractivity contribution >= 4 is 17.8 Å². The summed E-state index contributed by atoms with van der Waals surface area (Å²) < 4.78 is 4.64. The lowest BCUT2D eigenvalue weighted by Gasteiger charge is -2.18. The molecule has 0 aliphatic rings. The summed E-state index contributed by atoms with van der Waals surface area (Å²) in [6, 6.07) is 1.86. The lowest BCUT2D eigenvalue weighted by atomic mass is 10.0. The second kappa shape index (κ2) is 7.37. The van der Waals surface area contributed by atoms with E-state index in [1.165, 1.54) is 25.4 Å². The molecule has 1 unspecified atom stereocenters. The van der Waals surface area contributed by atoms with Crippen LogP contribution in [0.3, 0.4) is 0 Å². The van der Waals surface area contributed by atoms with Crippen LogP contribution in [0.2, 0.25) is 0 Å². The van der Waals surface area contributed by atoms with E-state index in [1.807, 2.05) is 13.8 Å². The fourth-order valence-electron chi connectivity index (χ4n) is 1.81. The SMILES string of the molecule is COC(=O)C(CC(C)C)NC(=O)c1ncccc1C(=O)O. The zero-order chi connectivity index (χ0) is 16.0. The third-order valence-electron chi connectivity index (χ3n) is 2.75. The molecule has 114 valence electrons. The number of ether oxygens (including phenoxy) is 1. The second-order valence-corrected chi connectivity index (χ2v) is 4.88. The molecule has 21 heavy (non-hydrogen) atoms. The molecule has 0 bridgehead atoms. The van der Waals surface area contributed by atoms with Gasteiger partial charge in [0.05, 0.1) is 12.7 Å². The standard InChI is InChI=1S/C14H18N2O5/c1-8(2)7-10(14(20)21-3)16-12(17)11-9(13(18)19)5-4-6-15-11/h4-6,8,10H,7H2,1-3H3,(H,16,17)(H,18,19). The molecule has 1 rings (SSSR count). The van der Waals surface area contributed by atoms with E-state index in [9.17, 15) is 14.4 Å². The number of carboxylic acid groups (broad SMARTS) is 1. The van der Waals surface area contributed by atoms with Crippen LogP contribution in [-0.4, -0.2) is 41.1 Å². The molecule has 1 amide bonds. The zero-order valence-corrected chi connectivity index (χ0v) is 12.1. The predicted molar refractivity (Wildman–Crippen MR) is 73.9 cm³/mol. The minimum atomic E-state index is -1.26. The van der Waals surface area contributed by atoms with Gasteiger partial charge in [0.25, 0.3) is 5.91 Å². The monoisotopic (exact) mass is 294 g/mol. The highest BCUT2D eigenvalue weighted by Crippen LogP contribution is 2.09. The maximum Gasteiger partial charge on any atom is 0.338 e. The Morgan fingerprint density at radius 1 is 1.38 bits per heavy atom. The molecule has 2 N–H and O–H groups in total. The lowest BCUT2D eigenvalue weighted by molar-refractivity contribution is -0.143. The van der Waals surface area contributed by atoms with Gasteiger partial charge in [-0.2, -0.15) is 0 Å². The Kier molecular flexibility index (Phi) is 5.83. The van der Waals surface area contributed by atoms with E-state index in [-0.39, 0.29) is 17.2 Å². The number of aromatic carboxylic acids is 1. The number of hydrogen-bond donors (Lipinski definition) is 2. The van der Waals surface area contributed by atoms with Crippen molar-refractivity contribution in [2.45, 2.75) is 26.3 Å². The van der Waals surface area contributed by atoms with Crippen molar-refractivity contribution in [1.29, 1.82) is 0 Å². The molecule has 7 nitrogen and oxygen atoms in total. The topological polar surface area (TPSA) is 106 Å². The summed E-state index contributed by atoms with van der Waals surface area (Å²) in [6.07, 6.45) is 1.70. The first-order valence-electron chi connectivity index (χ1n) is 6.43. The molecule has 0 aromatic carbocycles. The van der Waals surface area contributed by atoms with Gasteiger partial charge in [-0.05, 0) is 24.5 Å². The molecule has 0 saturated carbocycles. The second-order valence-electron chi connectivity index (χ2n) is 4.88. The number of carboxylic acids is 1. The van der Waals surface area contributed by atoms with Crippen molar-refractivity contribution in [2.24, 2.45) is 5.92 Å². The maximum absolute atomic E-state index is 12.1. The van der Waals surface area contributed by atoms with E-state index < -0.39 is 23.9 Å². The van der Waals surface area contributed by atoms with Gasteiger partial charge in [0, 0.05) is 6.20 Å². The van der Waals surface area contributed by atoms with E-state index in [1.54, 1.807) is 0 Å². The number of rotatable bonds is 6. The molecule has 1 atom stereocenters. The van der Waals surface area contributed by atoms with Crippen LogP contribution in [-0.2, 0) is 9.53 Å². The Morgan fingerprint density at radius 2 is 2.05 bits per heavy atom. The van der Waals surface area contributed by atoms with E-state index in [2.05, 4.69) is 15.0 Å². The highest BCUT2D eigenvalue weighted by Gasteiger charge is 2.25. The number of aromatic nitrogens is 1. The van der Waals surface area contributed by atoms with Crippen LogP contribution < -0.4 is 5.32 Å². The molecular formula is C14H18N2O5. The molecule has 1 aromatic rings. The summed E-state index contributed by atoms with van der Waals surface area (Å²) in [5, 5.41) is 11.5. The number of hydrogen-bond acceptors (Lipinski definition) is 5. The molecule has 0 aliphatic heterocycles. The molecule has 0 spiro atoms. The number of carbonyl (C=O) groups is 3. The zero-order valence-electron chi connectivity index (χ0n) is 12.1. The summed E-state index contributed by atoms with van der Waals surface area (Å²) in [7, 11) is 1.23. The van der Waals surface area contributed by atoms with Gasteiger partial charge in [-0.3, -0.25) is 9.78 Å². The van der Waals surface area contributed by atoms with Crippen LogP contribution in [0.15, 0.2) is 18.3 Å². The van der Waals surface area contributed by atoms with E-state index >= 15 is 0 Å². The number of nitrogens with zero attached hydrogens (tertiary/aromatic N) is 1. The average molecular weight is 294 g/mol. The van der Waals surface area contributed by atoms with Gasteiger partial charge in [-0.25, -0.2) is 9.59 Å². The molecule has 0 saturated heterocycles. The van der Waals surface area contributed by atoms with Gasteiger partial charge < -0.3 is 15.2 Å². The van der Waals surface area contributed by atoms with Crippen molar-refractivity contribution in [3.63, 3.8) is 0 Å². The largest absolute Gasteiger partial charge is 0.478 e. The summed E-state index contributed by atoms with van der Waals surface area (Å²) in [5.74, 6) is -2.40. The van der Waals surface area contributed by atoms with Crippen LogP contribution in [0.5, 0.6) is 0 Å². The summed E-state index contributed by atoms with van der Waals surface area (Å²) in [6.45, 7) is 3.79. The third-order valence-corrected chi connectivity index (χ3v) is 2.75. The van der Waals surface area contributed by atoms with Crippen LogP contribution in [0.1, 0.15) is 41.1 Å². The molecule has 1 heterocycles. The van der Waals surface area contributed by atoms with Gasteiger partial charge in [-0.15, -0.1) is 0 Å². The van der Waals surface area contributed by atoms with Crippen molar-refractivity contribution in [3.8, 4) is 0 Å². The Bertz CT molecular complexity index is 542. The van der Waals surface area contributed by atoms with Crippen LogP contribution in [0.4, 0.5) is 0 Å². The number of pyridine rings is 1. The average Bonchev–Trinajstić information content (AvgIpc) is 2.45. The van der Waals surface area contributed by atoms with E-state index in [0.29, 0.717) is 6.42 Å².